The third kappa shape index (κ3) is 4.51. The molecule has 2 nitrogen and oxygen atoms in total. The minimum Gasteiger partial charge on any atom is -0.342 e. The number of hydrogen-bond acceptors (Lipinski definition) is 2. The van der Waals surface area contributed by atoms with Crippen molar-refractivity contribution in [3.8, 4) is 0 Å². The van der Waals surface area contributed by atoms with Crippen LogP contribution in [0.2, 0.25) is 0 Å². The van der Waals surface area contributed by atoms with Crippen LogP contribution in [0, 0.1) is 11.7 Å². The molecular weight excluding hydrogens is 273 g/mol. The van der Waals surface area contributed by atoms with Gasteiger partial charge in [0, 0.05) is 13.1 Å². The molecule has 0 aromatic heterocycles. The van der Waals surface area contributed by atoms with Crippen molar-refractivity contribution in [2.45, 2.75) is 25.7 Å². The minimum absolute atomic E-state index is 0.164. The van der Waals surface area contributed by atoms with Crippen LogP contribution in [0.15, 0.2) is 24.3 Å². The van der Waals surface area contributed by atoms with E-state index in [1.165, 1.54) is 12.5 Å². The fraction of sp³-hybridized carbons (Fsp3) is 0.562. The Morgan fingerprint density at radius 3 is 3.10 bits per heavy atom. The van der Waals surface area contributed by atoms with E-state index in [2.05, 4.69) is 0 Å². The molecule has 1 saturated heterocycles. The molecule has 110 valence electrons. The molecule has 1 aliphatic heterocycles. The quantitative estimate of drug-likeness (QED) is 0.830. The lowest BCUT2D eigenvalue weighted by atomic mass is 9.91. The first-order chi connectivity index (χ1) is 9.69. The van der Waals surface area contributed by atoms with Gasteiger partial charge in [-0.05, 0) is 55.6 Å². The summed E-state index contributed by atoms with van der Waals surface area (Å²) in [7, 11) is 0. The van der Waals surface area contributed by atoms with Gasteiger partial charge < -0.3 is 4.90 Å². The average molecular weight is 295 g/mol. The van der Waals surface area contributed by atoms with Gasteiger partial charge >= 0.3 is 0 Å². The van der Waals surface area contributed by atoms with Crippen LogP contribution in [-0.2, 0) is 11.2 Å². The van der Waals surface area contributed by atoms with E-state index in [-0.39, 0.29) is 11.7 Å². The zero-order chi connectivity index (χ0) is 14.4. The number of carbonyl (C=O) groups is 1. The highest BCUT2D eigenvalue weighted by atomic mass is 32.2. The van der Waals surface area contributed by atoms with E-state index in [0.29, 0.717) is 11.7 Å². The number of halogens is 1. The van der Waals surface area contributed by atoms with Crippen LogP contribution in [0.3, 0.4) is 0 Å². The Morgan fingerprint density at radius 2 is 2.35 bits per heavy atom. The van der Waals surface area contributed by atoms with Crippen molar-refractivity contribution in [2.24, 2.45) is 5.92 Å². The second-order valence-electron chi connectivity index (χ2n) is 5.45. The maximum absolute atomic E-state index is 13.1. The molecular formula is C16H22FNOS. The van der Waals surface area contributed by atoms with Gasteiger partial charge in [-0.15, -0.1) is 0 Å². The van der Waals surface area contributed by atoms with Gasteiger partial charge in [0.2, 0.25) is 5.91 Å². The first-order valence-corrected chi connectivity index (χ1v) is 8.59. The van der Waals surface area contributed by atoms with Crippen LogP contribution < -0.4 is 0 Å². The highest BCUT2D eigenvalue weighted by Crippen LogP contribution is 2.22. The molecule has 1 fully saturated rings. The third-order valence-corrected chi connectivity index (χ3v) is 4.41. The van der Waals surface area contributed by atoms with Crippen molar-refractivity contribution in [2.75, 3.05) is 25.1 Å². The fourth-order valence-electron chi connectivity index (χ4n) is 2.81. The summed E-state index contributed by atoms with van der Waals surface area (Å²) in [6.07, 6.45) is 6.16. The predicted octanol–water partition coefficient (Wildman–Crippen LogP) is 3.36. The van der Waals surface area contributed by atoms with Gasteiger partial charge in [-0.1, -0.05) is 12.1 Å². The number of piperidine rings is 1. The topological polar surface area (TPSA) is 20.3 Å². The Bertz CT molecular complexity index is 452. The first kappa shape index (κ1) is 15.4. The lowest BCUT2D eigenvalue weighted by molar-refractivity contribution is -0.130. The summed E-state index contributed by atoms with van der Waals surface area (Å²) in [6.45, 7) is 1.77. The molecule has 1 aromatic rings. The molecule has 1 heterocycles. The maximum Gasteiger partial charge on any atom is 0.232 e. The number of likely N-dealkylation sites (tertiary alicyclic amines) is 1. The Labute approximate surface area is 124 Å². The summed E-state index contributed by atoms with van der Waals surface area (Å²) in [5, 5.41) is 0. The number of benzene rings is 1. The highest BCUT2D eigenvalue weighted by Gasteiger charge is 2.22. The fourth-order valence-corrected chi connectivity index (χ4v) is 3.23. The lowest BCUT2D eigenvalue weighted by Gasteiger charge is -2.32. The van der Waals surface area contributed by atoms with E-state index in [9.17, 15) is 9.18 Å². The summed E-state index contributed by atoms with van der Waals surface area (Å²) in [5.41, 5.74) is 1.05. The predicted molar refractivity (Wildman–Crippen MR) is 82.4 cm³/mol. The zero-order valence-corrected chi connectivity index (χ0v) is 12.8. The molecule has 0 bridgehead atoms. The second-order valence-corrected chi connectivity index (χ2v) is 6.32. The smallest absolute Gasteiger partial charge is 0.232 e. The van der Waals surface area contributed by atoms with Crippen molar-refractivity contribution in [1.82, 2.24) is 4.90 Å². The molecule has 0 radical (unpaired) electrons. The average Bonchev–Trinajstić information content (AvgIpc) is 2.46. The van der Waals surface area contributed by atoms with Crippen LogP contribution >= 0.6 is 11.8 Å². The van der Waals surface area contributed by atoms with E-state index in [0.717, 1.165) is 37.9 Å². The Morgan fingerprint density at radius 1 is 1.50 bits per heavy atom. The van der Waals surface area contributed by atoms with E-state index in [1.807, 2.05) is 17.2 Å². The van der Waals surface area contributed by atoms with Crippen LogP contribution in [0.1, 0.15) is 24.8 Å². The van der Waals surface area contributed by atoms with Crippen LogP contribution in [0.25, 0.3) is 0 Å². The molecule has 1 amide bonds. The van der Waals surface area contributed by atoms with Crippen LogP contribution in [0.5, 0.6) is 0 Å². The molecule has 4 heteroatoms. The van der Waals surface area contributed by atoms with Crippen molar-refractivity contribution < 1.29 is 9.18 Å². The Hall–Kier alpha value is -1.03. The summed E-state index contributed by atoms with van der Waals surface area (Å²) in [4.78, 5) is 13.9. The summed E-state index contributed by atoms with van der Waals surface area (Å²) in [5.74, 6) is 1.23. The highest BCUT2D eigenvalue weighted by molar-refractivity contribution is 7.99. The second kappa shape index (κ2) is 7.67. The number of thioether (sulfide) groups is 1. The summed E-state index contributed by atoms with van der Waals surface area (Å²) < 4.78 is 13.1. The van der Waals surface area contributed by atoms with Crippen molar-refractivity contribution in [1.29, 1.82) is 0 Å². The monoisotopic (exact) mass is 295 g/mol. The van der Waals surface area contributed by atoms with E-state index in [1.54, 1.807) is 23.9 Å². The van der Waals surface area contributed by atoms with E-state index in [4.69, 9.17) is 0 Å². The van der Waals surface area contributed by atoms with E-state index < -0.39 is 0 Å². The van der Waals surface area contributed by atoms with Gasteiger partial charge in [-0.2, -0.15) is 11.8 Å². The van der Waals surface area contributed by atoms with E-state index >= 15 is 0 Å². The van der Waals surface area contributed by atoms with Crippen molar-refractivity contribution in [3.63, 3.8) is 0 Å². The van der Waals surface area contributed by atoms with Gasteiger partial charge in [0.1, 0.15) is 5.82 Å². The molecule has 0 N–H and O–H groups in total. The van der Waals surface area contributed by atoms with Gasteiger partial charge in [0.15, 0.2) is 0 Å². The van der Waals surface area contributed by atoms with Crippen LogP contribution in [-0.4, -0.2) is 35.9 Å². The zero-order valence-electron chi connectivity index (χ0n) is 12.0. The van der Waals surface area contributed by atoms with Gasteiger partial charge in [-0.25, -0.2) is 4.39 Å². The molecule has 1 atom stereocenters. The van der Waals surface area contributed by atoms with Gasteiger partial charge in [0.25, 0.3) is 0 Å². The number of rotatable bonds is 5. The maximum atomic E-state index is 13.1. The number of aryl methyl sites for hydroxylation is 1. The number of amides is 1. The first-order valence-electron chi connectivity index (χ1n) is 7.20. The molecule has 2 rings (SSSR count). The Kier molecular flexibility index (Phi) is 5.89. The molecule has 0 saturated carbocycles. The summed E-state index contributed by atoms with van der Waals surface area (Å²) in [6, 6.07) is 6.83. The minimum atomic E-state index is -0.164. The Balaban J connectivity index is 1.82. The molecule has 0 spiro atoms. The lowest BCUT2D eigenvalue weighted by Crippen LogP contribution is -2.40. The van der Waals surface area contributed by atoms with Gasteiger partial charge in [-0.3, -0.25) is 4.79 Å². The standard InChI is InChI=1S/C16H22FNOS/c1-20-12-16(19)18-9-3-5-14(11-18)8-7-13-4-2-6-15(17)10-13/h2,4,6,10,14H,3,5,7-9,11-12H2,1H3/t14-/m1/s1. The molecule has 20 heavy (non-hydrogen) atoms. The third-order valence-electron chi connectivity index (χ3n) is 3.87. The SMILES string of the molecule is CSCC(=O)N1CCC[C@H](CCc2cccc(F)c2)C1. The van der Waals surface area contributed by atoms with Crippen molar-refractivity contribution >= 4 is 17.7 Å². The number of carbonyl (C=O) groups excluding carboxylic acids is 1. The molecule has 1 aromatic carbocycles. The number of hydrogen-bond donors (Lipinski definition) is 0. The van der Waals surface area contributed by atoms with Gasteiger partial charge in [0.05, 0.1) is 5.75 Å². The number of nitrogens with zero attached hydrogens (tertiary/aromatic N) is 1. The molecule has 1 aliphatic rings. The van der Waals surface area contributed by atoms with Crippen molar-refractivity contribution in [3.05, 3.63) is 35.6 Å². The molecule has 0 aliphatic carbocycles. The normalized spacial score (nSPS) is 19.1. The molecule has 0 unspecified atom stereocenters. The summed E-state index contributed by atoms with van der Waals surface area (Å²) >= 11 is 1.58. The largest absolute Gasteiger partial charge is 0.342 e. The van der Waals surface area contributed by atoms with Crippen LogP contribution in [0.4, 0.5) is 4.39 Å².